The number of carbonyl (C=O) groups excluding carboxylic acids is 1. The summed E-state index contributed by atoms with van der Waals surface area (Å²) in [6.07, 6.45) is 0.375. The van der Waals surface area contributed by atoms with Crippen molar-refractivity contribution in [3.8, 4) is 5.75 Å². The summed E-state index contributed by atoms with van der Waals surface area (Å²) >= 11 is 0. The van der Waals surface area contributed by atoms with Crippen LogP contribution in [-0.4, -0.2) is 25.9 Å². The van der Waals surface area contributed by atoms with Crippen LogP contribution in [0.2, 0.25) is 0 Å². The Labute approximate surface area is 94.2 Å². The second kappa shape index (κ2) is 6.82. The van der Waals surface area contributed by atoms with E-state index in [-0.39, 0.29) is 12.6 Å². The number of halogens is 1. The first-order valence-corrected chi connectivity index (χ1v) is 5.24. The number of esters is 1. The van der Waals surface area contributed by atoms with Crippen LogP contribution in [0.15, 0.2) is 24.3 Å². The minimum Gasteiger partial charge on any atom is -0.493 e. The number of hydrogen-bond acceptors (Lipinski definition) is 3. The summed E-state index contributed by atoms with van der Waals surface area (Å²) in [4.78, 5) is 11.3. The third kappa shape index (κ3) is 3.88. The molecule has 0 fully saturated rings. The Bertz CT molecular complexity index is 322. The van der Waals surface area contributed by atoms with E-state index in [0.717, 1.165) is 0 Å². The summed E-state index contributed by atoms with van der Waals surface area (Å²) in [5.74, 6) is 0.277. The molecule has 16 heavy (non-hydrogen) atoms. The molecule has 0 atom stereocenters. The number of hydrogen-bond donors (Lipinski definition) is 0. The van der Waals surface area contributed by atoms with Crippen LogP contribution in [0.4, 0.5) is 4.39 Å². The van der Waals surface area contributed by atoms with Crippen molar-refractivity contribution in [3.63, 3.8) is 0 Å². The van der Waals surface area contributed by atoms with Crippen LogP contribution < -0.4 is 4.74 Å². The zero-order valence-corrected chi connectivity index (χ0v) is 9.24. The Balaban J connectivity index is 2.50. The van der Waals surface area contributed by atoms with Crippen molar-refractivity contribution in [1.82, 2.24) is 0 Å². The van der Waals surface area contributed by atoms with E-state index in [4.69, 9.17) is 9.47 Å². The molecule has 1 aromatic carbocycles. The molecule has 0 unspecified atom stereocenters. The summed E-state index contributed by atoms with van der Waals surface area (Å²) < 4.78 is 21.9. The molecule has 0 aromatic heterocycles. The third-order valence-corrected chi connectivity index (χ3v) is 1.91. The van der Waals surface area contributed by atoms with Crippen molar-refractivity contribution in [2.24, 2.45) is 0 Å². The monoisotopic (exact) mass is 226 g/mol. The van der Waals surface area contributed by atoms with Crippen LogP contribution in [0.1, 0.15) is 23.7 Å². The maximum Gasteiger partial charge on any atom is 0.338 e. The van der Waals surface area contributed by atoms with Crippen LogP contribution in [0.5, 0.6) is 5.75 Å². The van der Waals surface area contributed by atoms with Gasteiger partial charge in [-0.05, 0) is 31.2 Å². The standard InChI is InChI=1S/C12H15FO3/c1-2-15-12(14)10-4-6-11(7-5-10)16-9-3-8-13/h4-7H,2-3,8-9H2,1H3. The molecule has 4 heteroatoms. The van der Waals surface area contributed by atoms with Crippen molar-refractivity contribution in [3.05, 3.63) is 29.8 Å². The summed E-state index contributed by atoms with van der Waals surface area (Å²) in [6.45, 7) is 2.07. The van der Waals surface area contributed by atoms with E-state index < -0.39 is 0 Å². The molecular weight excluding hydrogens is 211 g/mol. The molecule has 0 saturated carbocycles. The largest absolute Gasteiger partial charge is 0.493 e. The topological polar surface area (TPSA) is 35.5 Å². The predicted octanol–water partition coefficient (Wildman–Crippen LogP) is 2.60. The molecule has 0 N–H and O–H groups in total. The van der Waals surface area contributed by atoms with Crippen molar-refractivity contribution in [2.75, 3.05) is 19.9 Å². The molecule has 0 heterocycles. The third-order valence-electron chi connectivity index (χ3n) is 1.91. The number of alkyl halides is 1. The Morgan fingerprint density at radius 1 is 1.31 bits per heavy atom. The summed E-state index contributed by atoms with van der Waals surface area (Å²) in [5, 5.41) is 0. The maximum atomic E-state index is 11.8. The van der Waals surface area contributed by atoms with Gasteiger partial charge >= 0.3 is 5.97 Å². The molecule has 0 spiro atoms. The van der Waals surface area contributed by atoms with Crippen molar-refractivity contribution in [2.45, 2.75) is 13.3 Å². The van der Waals surface area contributed by atoms with Crippen LogP contribution in [0.25, 0.3) is 0 Å². The highest BCUT2D eigenvalue weighted by molar-refractivity contribution is 5.89. The molecular formula is C12H15FO3. The van der Waals surface area contributed by atoms with Gasteiger partial charge in [-0.1, -0.05) is 0 Å². The Kier molecular flexibility index (Phi) is 5.32. The lowest BCUT2D eigenvalue weighted by Crippen LogP contribution is -2.04. The molecule has 0 aliphatic rings. The summed E-state index contributed by atoms with van der Waals surface area (Å²) in [5.41, 5.74) is 0.486. The van der Waals surface area contributed by atoms with Gasteiger partial charge in [0, 0.05) is 6.42 Å². The van der Waals surface area contributed by atoms with E-state index >= 15 is 0 Å². The number of rotatable bonds is 6. The minimum absolute atomic E-state index is 0.343. The molecule has 0 bridgehead atoms. The van der Waals surface area contributed by atoms with Gasteiger partial charge in [0.1, 0.15) is 5.75 Å². The highest BCUT2D eigenvalue weighted by Crippen LogP contribution is 2.13. The van der Waals surface area contributed by atoms with E-state index in [0.29, 0.717) is 30.9 Å². The SMILES string of the molecule is CCOC(=O)c1ccc(OCCCF)cc1. The molecule has 0 amide bonds. The Morgan fingerprint density at radius 2 is 2.00 bits per heavy atom. The quantitative estimate of drug-likeness (QED) is 0.552. The van der Waals surface area contributed by atoms with Crippen molar-refractivity contribution in [1.29, 1.82) is 0 Å². The first kappa shape index (κ1) is 12.5. The number of ether oxygens (including phenoxy) is 2. The van der Waals surface area contributed by atoms with E-state index in [1.165, 1.54) is 0 Å². The van der Waals surface area contributed by atoms with Gasteiger partial charge in [-0.15, -0.1) is 0 Å². The van der Waals surface area contributed by atoms with Gasteiger partial charge in [-0.2, -0.15) is 0 Å². The van der Waals surface area contributed by atoms with Crippen LogP contribution in [-0.2, 0) is 4.74 Å². The molecule has 1 aromatic rings. The van der Waals surface area contributed by atoms with Crippen LogP contribution in [0.3, 0.4) is 0 Å². The fourth-order valence-electron chi connectivity index (χ4n) is 1.15. The van der Waals surface area contributed by atoms with E-state index in [2.05, 4.69) is 0 Å². The summed E-state index contributed by atoms with van der Waals surface area (Å²) in [6, 6.07) is 6.60. The number of carbonyl (C=O) groups is 1. The van der Waals surface area contributed by atoms with E-state index in [1.54, 1.807) is 31.2 Å². The van der Waals surface area contributed by atoms with Crippen molar-refractivity contribution < 1.29 is 18.7 Å². The lowest BCUT2D eigenvalue weighted by atomic mass is 10.2. The predicted molar refractivity (Wildman–Crippen MR) is 58.5 cm³/mol. The molecule has 0 aliphatic carbocycles. The van der Waals surface area contributed by atoms with Crippen LogP contribution >= 0.6 is 0 Å². The van der Waals surface area contributed by atoms with Crippen LogP contribution in [0, 0.1) is 0 Å². The Morgan fingerprint density at radius 3 is 2.56 bits per heavy atom. The fraction of sp³-hybridized carbons (Fsp3) is 0.417. The maximum absolute atomic E-state index is 11.8. The van der Waals surface area contributed by atoms with Gasteiger partial charge in [-0.3, -0.25) is 4.39 Å². The van der Waals surface area contributed by atoms with Gasteiger partial charge < -0.3 is 9.47 Å². The fourth-order valence-corrected chi connectivity index (χ4v) is 1.15. The second-order valence-corrected chi connectivity index (χ2v) is 3.14. The molecule has 1 rings (SSSR count). The normalized spacial score (nSPS) is 9.88. The first-order valence-electron chi connectivity index (χ1n) is 5.24. The molecule has 3 nitrogen and oxygen atoms in total. The average molecular weight is 226 g/mol. The summed E-state index contributed by atoms with van der Waals surface area (Å²) in [7, 11) is 0. The average Bonchev–Trinajstić information content (AvgIpc) is 2.30. The minimum atomic E-state index is -0.388. The van der Waals surface area contributed by atoms with Gasteiger partial charge in [0.15, 0.2) is 0 Å². The van der Waals surface area contributed by atoms with Gasteiger partial charge in [-0.25, -0.2) is 4.79 Å². The van der Waals surface area contributed by atoms with Gasteiger partial charge in [0.05, 0.1) is 25.5 Å². The highest BCUT2D eigenvalue weighted by atomic mass is 19.1. The lowest BCUT2D eigenvalue weighted by Gasteiger charge is -2.05. The van der Waals surface area contributed by atoms with E-state index in [1.807, 2.05) is 0 Å². The molecule has 0 aliphatic heterocycles. The highest BCUT2D eigenvalue weighted by Gasteiger charge is 2.05. The van der Waals surface area contributed by atoms with Crippen molar-refractivity contribution >= 4 is 5.97 Å². The van der Waals surface area contributed by atoms with E-state index in [9.17, 15) is 9.18 Å². The zero-order valence-electron chi connectivity index (χ0n) is 9.24. The molecule has 88 valence electrons. The van der Waals surface area contributed by atoms with Gasteiger partial charge in [0.25, 0.3) is 0 Å². The zero-order chi connectivity index (χ0) is 11.8. The smallest absolute Gasteiger partial charge is 0.338 e. The lowest BCUT2D eigenvalue weighted by molar-refractivity contribution is 0.0526. The number of benzene rings is 1. The molecule has 0 radical (unpaired) electrons. The Hall–Kier alpha value is -1.58. The second-order valence-electron chi connectivity index (χ2n) is 3.14. The molecule has 0 saturated heterocycles. The van der Waals surface area contributed by atoms with Gasteiger partial charge in [0.2, 0.25) is 0 Å². The first-order chi connectivity index (χ1) is 7.77.